The highest BCUT2D eigenvalue weighted by atomic mass is 79.9. The fourth-order valence-corrected chi connectivity index (χ4v) is 1.66. The van der Waals surface area contributed by atoms with Crippen LogP contribution in [-0.2, 0) is 0 Å². The molecule has 56 valence electrons. The van der Waals surface area contributed by atoms with Gasteiger partial charge in [0.15, 0.2) is 0 Å². The number of nitrogens with zero attached hydrogens (tertiary/aromatic N) is 1. The topological polar surface area (TPSA) is 23.8 Å². The van der Waals surface area contributed by atoms with E-state index < -0.39 is 0 Å². The lowest BCUT2D eigenvalue weighted by molar-refractivity contribution is 1.45. The van der Waals surface area contributed by atoms with Crippen LogP contribution in [0.3, 0.4) is 0 Å². The van der Waals surface area contributed by atoms with Crippen molar-refractivity contribution in [3.05, 3.63) is 31.7 Å². The Hall–Kier alpha value is -0.0400. The standard InChI is InChI=1S/C7H2Br2ClN/c8-6-4(3-11)1-2-5(10)7(6)9/h1-2H. The van der Waals surface area contributed by atoms with Gasteiger partial charge in [0, 0.05) is 0 Å². The molecule has 0 aliphatic carbocycles. The van der Waals surface area contributed by atoms with Crippen molar-refractivity contribution in [2.75, 3.05) is 0 Å². The lowest BCUT2D eigenvalue weighted by atomic mass is 10.2. The molecule has 0 unspecified atom stereocenters. The van der Waals surface area contributed by atoms with Gasteiger partial charge in [-0.3, -0.25) is 0 Å². The van der Waals surface area contributed by atoms with Crippen LogP contribution in [0.5, 0.6) is 0 Å². The van der Waals surface area contributed by atoms with E-state index in [4.69, 9.17) is 16.9 Å². The van der Waals surface area contributed by atoms with Gasteiger partial charge in [0.25, 0.3) is 0 Å². The van der Waals surface area contributed by atoms with Gasteiger partial charge in [-0.1, -0.05) is 11.6 Å². The SMILES string of the molecule is N#Cc1ccc(Cl)c(Br)c1Br. The third-order valence-electron chi connectivity index (χ3n) is 1.16. The average Bonchev–Trinajstić information content (AvgIpc) is 2.01. The first-order chi connectivity index (χ1) is 5.16. The summed E-state index contributed by atoms with van der Waals surface area (Å²) in [5.41, 5.74) is 0.571. The van der Waals surface area contributed by atoms with Crippen molar-refractivity contribution in [3.8, 4) is 6.07 Å². The summed E-state index contributed by atoms with van der Waals surface area (Å²) in [6, 6.07) is 5.37. The molecule has 0 bridgehead atoms. The van der Waals surface area contributed by atoms with Crippen LogP contribution >= 0.6 is 43.5 Å². The summed E-state index contributed by atoms with van der Waals surface area (Å²) < 4.78 is 1.42. The Balaban J connectivity index is 3.40. The Morgan fingerprint density at radius 1 is 1.27 bits per heavy atom. The first-order valence-corrected chi connectivity index (χ1v) is 4.67. The highest BCUT2D eigenvalue weighted by molar-refractivity contribution is 9.13. The van der Waals surface area contributed by atoms with Crippen LogP contribution in [0.2, 0.25) is 5.02 Å². The fraction of sp³-hybridized carbons (Fsp3) is 0. The van der Waals surface area contributed by atoms with Crippen LogP contribution < -0.4 is 0 Å². The van der Waals surface area contributed by atoms with E-state index in [0.717, 1.165) is 4.47 Å². The Labute approximate surface area is 86.2 Å². The molecule has 0 aliphatic rings. The second kappa shape index (κ2) is 3.57. The maximum atomic E-state index is 8.59. The average molecular weight is 295 g/mol. The first kappa shape index (κ1) is 9.05. The molecule has 0 N–H and O–H groups in total. The normalized spacial score (nSPS) is 9.27. The number of hydrogen-bond acceptors (Lipinski definition) is 1. The molecule has 0 radical (unpaired) electrons. The van der Waals surface area contributed by atoms with Crippen LogP contribution in [0.15, 0.2) is 21.1 Å². The smallest absolute Gasteiger partial charge is 0.100 e. The van der Waals surface area contributed by atoms with Gasteiger partial charge in [-0.25, -0.2) is 0 Å². The van der Waals surface area contributed by atoms with Crippen LogP contribution in [0.4, 0.5) is 0 Å². The van der Waals surface area contributed by atoms with Gasteiger partial charge in [0.1, 0.15) is 6.07 Å². The van der Waals surface area contributed by atoms with Crippen molar-refractivity contribution >= 4 is 43.5 Å². The highest BCUT2D eigenvalue weighted by Gasteiger charge is 2.05. The third-order valence-corrected chi connectivity index (χ3v) is 3.88. The lowest BCUT2D eigenvalue weighted by Gasteiger charge is -1.99. The van der Waals surface area contributed by atoms with Crippen LogP contribution in [0.1, 0.15) is 5.56 Å². The molecule has 11 heavy (non-hydrogen) atoms. The quantitative estimate of drug-likeness (QED) is 0.669. The van der Waals surface area contributed by atoms with Crippen LogP contribution in [-0.4, -0.2) is 0 Å². The van der Waals surface area contributed by atoms with E-state index in [1.54, 1.807) is 12.1 Å². The van der Waals surface area contributed by atoms with E-state index in [2.05, 4.69) is 31.9 Å². The molecule has 0 aromatic heterocycles. The van der Waals surface area contributed by atoms with Gasteiger partial charge in [-0.15, -0.1) is 0 Å². The summed E-state index contributed by atoms with van der Waals surface area (Å²) in [4.78, 5) is 0. The zero-order valence-electron chi connectivity index (χ0n) is 5.24. The Morgan fingerprint density at radius 2 is 1.91 bits per heavy atom. The van der Waals surface area contributed by atoms with E-state index in [1.807, 2.05) is 6.07 Å². The summed E-state index contributed by atoms with van der Waals surface area (Å²) in [5.74, 6) is 0. The summed E-state index contributed by atoms with van der Waals surface area (Å²) in [6.07, 6.45) is 0. The molecule has 0 atom stereocenters. The van der Waals surface area contributed by atoms with Crippen molar-refractivity contribution in [1.82, 2.24) is 0 Å². The molecule has 1 nitrogen and oxygen atoms in total. The maximum Gasteiger partial charge on any atom is 0.100 e. The van der Waals surface area contributed by atoms with Gasteiger partial charge in [0.05, 0.1) is 19.5 Å². The van der Waals surface area contributed by atoms with Gasteiger partial charge < -0.3 is 0 Å². The Morgan fingerprint density at radius 3 is 2.45 bits per heavy atom. The molecule has 0 amide bonds. The molecule has 0 aliphatic heterocycles. The van der Waals surface area contributed by atoms with Crippen molar-refractivity contribution < 1.29 is 0 Å². The largest absolute Gasteiger partial charge is 0.192 e. The Bertz CT molecular complexity index is 330. The van der Waals surface area contributed by atoms with Crippen molar-refractivity contribution in [1.29, 1.82) is 5.26 Å². The zero-order valence-corrected chi connectivity index (χ0v) is 9.16. The van der Waals surface area contributed by atoms with Crippen molar-refractivity contribution in [3.63, 3.8) is 0 Å². The minimum Gasteiger partial charge on any atom is -0.192 e. The first-order valence-electron chi connectivity index (χ1n) is 2.70. The lowest BCUT2D eigenvalue weighted by Crippen LogP contribution is -1.79. The molecule has 0 spiro atoms. The van der Waals surface area contributed by atoms with E-state index in [1.165, 1.54) is 0 Å². The van der Waals surface area contributed by atoms with Gasteiger partial charge in [-0.2, -0.15) is 5.26 Å². The van der Waals surface area contributed by atoms with Crippen LogP contribution in [0.25, 0.3) is 0 Å². The molecule has 0 fully saturated rings. The third kappa shape index (κ3) is 1.76. The molecule has 0 saturated carbocycles. The summed E-state index contributed by atoms with van der Waals surface area (Å²) in [7, 11) is 0. The van der Waals surface area contributed by atoms with Crippen LogP contribution in [0, 0.1) is 11.3 Å². The van der Waals surface area contributed by atoms with E-state index in [0.29, 0.717) is 15.1 Å². The van der Waals surface area contributed by atoms with E-state index in [-0.39, 0.29) is 0 Å². The summed E-state index contributed by atoms with van der Waals surface area (Å²) in [6.45, 7) is 0. The fourth-order valence-electron chi connectivity index (χ4n) is 0.612. The van der Waals surface area contributed by atoms with Crippen molar-refractivity contribution in [2.24, 2.45) is 0 Å². The molecular weight excluding hydrogens is 293 g/mol. The molecule has 1 rings (SSSR count). The monoisotopic (exact) mass is 293 g/mol. The van der Waals surface area contributed by atoms with Crippen molar-refractivity contribution in [2.45, 2.75) is 0 Å². The Kier molecular flexibility index (Phi) is 2.94. The predicted molar refractivity (Wildman–Crippen MR) is 51.6 cm³/mol. The molecule has 0 saturated heterocycles. The second-order valence-corrected chi connectivity index (χ2v) is 3.83. The second-order valence-electron chi connectivity index (χ2n) is 1.83. The van der Waals surface area contributed by atoms with E-state index in [9.17, 15) is 0 Å². The minimum atomic E-state index is 0.571. The highest BCUT2D eigenvalue weighted by Crippen LogP contribution is 2.32. The van der Waals surface area contributed by atoms with Gasteiger partial charge in [-0.05, 0) is 44.0 Å². The van der Waals surface area contributed by atoms with E-state index >= 15 is 0 Å². The van der Waals surface area contributed by atoms with Gasteiger partial charge in [0.2, 0.25) is 0 Å². The minimum absolute atomic E-state index is 0.571. The molecule has 4 heteroatoms. The summed E-state index contributed by atoms with van der Waals surface area (Å²) >= 11 is 12.2. The molecule has 0 heterocycles. The number of hydrogen-bond donors (Lipinski definition) is 0. The van der Waals surface area contributed by atoms with Gasteiger partial charge >= 0.3 is 0 Å². The predicted octanol–water partition coefficient (Wildman–Crippen LogP) is 3.74. The molecular formula is C7H2Br2ClN. The number of nitriles is 1. The molecule has 1 aromatic rings. The summed E-state index contributed by atoms with van der Waals surface area (Å²) in [5, 5.41) is 9.18. The maximum absolute atomic E-state index is 8.59. The number of halogens is 3. The number of benzene rings is 1. The zero-order chi connectivity index (χ0) is 8.43. The number of rotatable bonds is 0. The molecule has 1 aromatic carbocycles.